The molecule has 2 atom stereocenters. The molecule has 0 radical (unpaired) electrons. The zero-order valence-corrected chi connectivity index (χ0v) is 14.5. The normalized spacial score (nSPS) is 13.9. The minimum Gasteiger partial charge on any atom is -0.490 e. The maximum Gasteiger partial charge on any atom is 0.175 e. The molecule has 0 bridgehead atoms. The van der Waals surface area contributed by atoms with Gasteiger partial charge in [0.25, 0.3) is 0 Å². The Balaban J connectivity index is 3.04. The molecule has 1 aromatic rings. The standard InChI is InChI=1S/C16H26BrNO2/c1-5-11(4)20-16-14(17)9-12(8-13(18)6-2)10-15(16)19-7-3/h9-11,13H,5-8,18H2,1-4H3. The molecule has 1 aromatic carbocycles. The van der Waals surface area contributed by atoms with E-state index in [1.165, 1.54) is 5.56 Å². The van der Waals surface area contributed by atoms with Gasteiger partial charge in [-0.05, 0) is 66.7 Å². The Kier molecular flexibility index (Phi) is 7.38. The van der Waals surface area contributed by atoms with Gasteiger partial charge in [0.05, 0.1) is 17.2 Å². The molecule has 0 saturated heterocycles. The van der Waals surface area contributed by atoms with Crippen LogP contribution in [0.1, 0.15) is 46.1 Å². The first-order valence-corrected chi connectivity index (χ1v) is 8.18. The van der Waals surface area contributed by atoms with Gasteiger partial charge in [-0.15, -0.1) is 0 Å². The van der Waals surface area contributed by atoms with Crippen molar-refractivity contribution in [1.29, 1.82) is 0 Å². The lowest BCUT2D eigenvalue weighted by Crippen LogP contribution is -2.21. The second-order valence-electron chi connectivity index (χ2n) is 5.05. The summed E-state index contributed by atoms with van der Waals surface area (Å²) in [5.41, 5.74) is 7.20. The maximum absolute atomic E-state index is 6.03. The zero-order valence-electron chi connectivity index (χ0n) is 12.9. The highest BCUT2D eigenvalue weighted by Crippen LogP contribution is 2.38. The summed E-state index contributed by atoms with van der Waals surface area (Å²) in [7, 11) is 0. The van der Waals surface area contributed by atoms with Crippen LogP contribution in [0.2, 0.25) is 0 Å². The van der Waals surface area contributed by atoms with Crippen molar-refractivity contribution < 1.29 is 9.47 Å². The van der Waals surface area contributed by atoms with Crippen molar-refractivity contribution in [2.75, 3.05) is 6.61 Å². The molecule has 0 fully saturated rings. The summed E-state index contributed by atoms with van der Waals surface area (Å²) >= 11 is 3.59. The molecule has 2 unspecified atom stereocenters. The number of halogens is 1. The van der Waals surface area contributed by atoms with Gasteiger partial charge in [0, 0.05) is 6.04 Å². The third-order valence-electron chi connectivity index (χ3n) is 3.29. The van der Waals surface area contributed by atoms with Crippen LogP contribution in [0.5, 0.6) is 11.5 Å². The fourth-order valence-electron chi connectivity index (χ4n) is 1.85. The predicted molar refractivity (Wildman–Crippen MR) is 87.7 cm³/mol. The number of hydrogen-bond acceptors (Lipinski definition) is 3. The Morgan fingerprint density at radius 3 is 2.45 bits per heavy atom. The smallest absolute Gasteiger partial charge is 0.175 e. The van der Waals surface area contributed by atoms with Crippen LogP contribution in [0.3, 0.4) is 0 Å². The highest BCUT2D eigenvalue weighted by Gasteiger charge is 2.15. The number of ether oxygens (including phenoxy) is 2. The van der Waals surface area contributed by atoms with Crippen molar-refractivity contribution in [3.8, 4) is 11.5 Å². The van der Waals surface area contributed by atoms with Gasteiger partial charge >= 0.3 is 0 Å². The van der Waals surface area contributed by atoms with Crippen LogP contribution in [0.25, 0.3) is 0 Å². The molecule has 0 aliphatic heterocycles. The highest BCUT2D eigenvalue weighted by atomic mass is 79.9. The molecule has 20 heavy (non-hydrogen) atoms. The minimum absolute atomic E-state index is 0.161. The van der Waals surface area contributed by atoms with Crippen molar-refractivity contribution >= 4 is 15.9 Å². The van der Waals surface area contributed by atoms with Crippen LogP contribution in [-0.2, 0) is 6.42 Å². The van der Waals surface area contributed by atoms with Gasteiger partial charge < -0.3 is 15.2 Å². The molecule has 4 heteroatoms. The van der Waals surface area contributed by atoms with Gasteiger partial charge in [0.15, 0.2) is 11.5 Å². The van der Waals surface area contributed by atoms with E-state index in [-0.39, 0.29) is 12.1 Å². The van der Waals surface area contributed by atoms with Gasteiger partial charge in [-0.2, -0.15) is 0 Å². The summed E-state index contributed by atoms with van der Waals surface area (Å²) in [5, 5.41) is 0. The molecule has 1 rings (SSSR count). The van der Waals surface area contributed by atoms with Crippen LogP contribution in [-0.4, -0.2) is 18.8 Å². The molecule has 114 valence electrons. The van der Waals surface area contributed by atoms with Gasteiger partial charge in [0.2, 0.25) is 0 Å². The van der Waals surface area contributed by atoms with Crippen molar-refractivity contribution in [2.45, 2.75) is 59.1 Å². The van der Waals surface area contributed by atoms with Gasteiger partial charge in [-0.3, -0.25) is 0 Å². The van der Waals surface area contributed by atoms with Crippen LogP contribution in [0, 0.1) is 0 Å². The lowest BCUT2D eigenvalue weighted by molar-refractivity contribution is 0.201. The lowest BCUT2D eigenvalue weighted by Gasteiger charge is -2.19. The number of rotatable bonds is 8. The molecule has 0 heterocycles. The molecular formula is C16H26BrNO2. The average Bonchev–Trinajstić information content (AvgIpc) is 2.42. The Labute approximate surface area is 131 Å². The monoisotopic (exact) mass is 343 g/mol. The fraction of sp³-hybridized carbons (Fsp3) is 0.625. The maximum atomic E-state index is 6.03. The average molecular weight is 344 g/mol. The molecule has 3 nitrogen and oxygen atoms in total. The Morgan fingerprint density at radius 1 is 1.20 bits per heavy atom. The SMILES string of the molecule is CCOc1cc(CC(N)CC)cc(Br)c1OC(C)CC. The molecule has 2 N–H and O–H groups in total. The first kappa shape index (κ1) is 17.3. The Morgan fingerprint density at radius 2 is 1.90 bits per heavy atom. The fourth-order valence-corrected chi connectivity index (χ4v) is 2.43. The highest BCUT2D eigenvalue weighted by molar-refractivity contribution is 9.10. The van der Waals surface area contributed by atoms with E-state index in [0.717, 1.165) is 35.2 Å². The molecule has 0 saturated carbocycles. The molecular weight excluding hydrogens is 318 g/mol. The summed E-state index contributed by atoms with van der Waals surface area (Å²) in [4.78, 5) is 0. The van der Waals surface area contributed by atoms with Crippen molar-refractivity contribution in [1.82, 2.24) is 0 Å². The van der Waals surface area contributed by atoms with Crippen LogP contribution >= 0.6 is 15.9 Å². The second-order valence-corrected chi connectivity index (χ2v) is 5.90. The number of nitrogens with two attached hydrogens (primary N) is 1. The summed E-state index contributed by atoms with van der Waals surface area (Å²) in [6.07, 6.45) is 2.93. The lowest BCUT2D eigenvalue weighted by atomic mass is 10.0. The van der Waals surface area contributed by atoms with Crippen molar-refractivity contribution in [3.05, 3.63) is 22.2 Å². The Bertz CT molecular complexity index is 423. The van der Waals surface area contributed by atoms with E-state index in [1.54, 1.807) is 0 Å². The van der Waals surface area contributed by atoms with Gasteiger partial charge in [0.1, 0.15) is 0 Å². The van der Waals surface area contributed by atoms with Crippen LogP contribution < -0.4 is 15.2 Å². The van der Waals surface area contributed by atoms with E-state index < -0.39 is 0 Å². The summed E-state index contributed by atoms with van der Waals surface area (Å²) in [6.45, 7) is 8.86. The van der Waals surface area contributed by atoms with E-state index in [0.29, 0.717) is 6.61 Å². The van der Waals surface area contributed by atoms with E-state index in [9.17, 15) is 0 Å². The van der Waals surface area contributed by atoms with Gasteiger partial charge in [-0.25, -0.2) is 0 Å². The van der Waals surface area contributed by atoms with E-state index >= 15 is 0 Å². The van der Waals surface area contributed by atoms with Crippen molar-refractivity contribution in [2.24, 2.45) is 5.73 Å². The quantitative estimate of drug-likeness (QED) is 0.764. The first-order chi connectivity index (χ1) is 9.51. The van der Waals surface area contributed by atoms with Crippen LogP contribution in [0.15, 0.2) is 16.6 Å². The molecule has 0 aliphatic rings. The molecule has 0 spiro atoms. The summed E-state index contributed by atoms with van der Waals surface area (Å²) in [5.74, 6) is 1.58. The third-order valence-corrected chi connectivity index (χ3v) is 3.87. The molecule has 0 aromatic heterocycles. The largest absolute Gasteiger partial charge is 0.490 e. The molecule has 0 amide bonds. The van der Waals surface area contributed by atoms with Crippen molar-refractivity contribution in [3.63, 3.8) is 0 Å². The second kappa shape index (κ2) is 8.53. The summed E-state index contributed by atoms with van der Waals surface area (Å²) < 4.78 is 12.6. The first-order valence-electron chi connectivity index (χ1n) is 7.39. The number of benzene rings is 1. The van der Waals surface area contributed by atoms with E-state index in [4.69, 9.17) is 15.2 Å². The zero-order chi connectivity index (χ0) is 15.1. The van der Waals surface area contributed by atoms with E-state index in [2.05, 4.69) is 42.8 Å². The third kappa shape index (κ3) is 4.98. The Hall–Kier alpha value is -0.740. The topological polar surface area (TPSA) is 44.5 Å². The number of hydrogen-bond donors (Lipinski definition) is 1. The van der Waals surface area contributed by atoms with Crippen LogP contribution in [0.4, 0.5) is 0 Å². The van der Waals surface area contributed by atoms with E-state index in [1.807, 2.05) is 13.0 Å². The summed E-state index contributed by atoms with van der Waals surface area (Å²) in [6, 6.07) is 4.30. The minimum atomic E-state index is 0.161. The predicted octanol–water partition coefficient (Wildman–Crippen LogP) is 4.30. The van der Waals surface area contributed by atoms with Gasteiger partial charge in [-0.1, -0.05) is 13.8 Å². The molecule has 0 aliphatic carbocycles.